The first-order valence-corrected chi connectivity index (χ1v) is 13.0. The molecule has 0 saturated carbocycles. The lowest BCUT2D eigenvalue weighted by Crippen LogP contribution is -2.63. The van der Waals surface area contributed by atoms with Crippen molar-refractivity contribution in [2.24, 2.45) is 0 Å². The second-order valence-corrected chi connectivity index (χ2v) is 10.2. The number of pyridine rings is 1. The molecule has 1 fully saturated rings. The van der Waals surface area contributed by atoms with Crippen LogP contribution in [0.5, 0.6) is 11.5 Å². The Bertz CT molecular complexity index is 1290. The Hall–Kier alpha value is -3.88. The Morgan fingerprint density at radius 3 is 2.78 bits per heavy atom. The quantitative estimate of drug-likeness (QED) is 0.546. The van der Waals surface area contributed by atoms with Crippen molar-refractivity contribution in [1.29, 1.82) is 5.41 Å². The summed E-state index contributed by atoms with van der Waals surface area (Å²) in [5.41, 5.74) is 2.28. The molecule has 2 aromatic rings. The number of benzene rings is 1. The fourth-order valence-corrected chi connectivity index (χ4v) is 5.82. The number of hydrogen-bond donors (Lipinski definition) is 3. The van der Waals surface area contributed by atoms with Crippen molar-refractivity contribution >= 4 is 23.8 Å². The Balaban J connectivity index is 1.43. The summed E-state index contributed by atoms with van der Waals surface area (Å²) >= 11 is 0. The van der Waals surface area contributed by atoms with E-state index in [0.29, 0.717) is 49.5 Å². The first-order chi connectivity index (χ1) is 18.0. The summed E-state index contributed by atoms with van der Waals surface area (Å²) in [7, 11) is 0. The third-order valence-corrected chi connectivity index (χ3v) is 7.94. The van der Waals surface area contributed by atoms with Gasteiger partial charge < -0.3 is 20.1 Å². The maximum absolute atomic E-state index is 13.5. The smallest absolute Gasteiger partial charge is 0.251 e. The molecule has 2 amide bonds. The monoisotopic (exact) mass is 501 g/mol. The van der Waals surface area contributed by atoms with E-state index >= 15 is 0 Å². The number of ether oxygens (including phenoxy) is 2. The molecule has 6 bridgehead atoms. The predicted molar refractivity (Wildman–Crippen MR) is 137 cm³/mol. The van der Waals surface area contributed by atoms with Gasteiger partial charge in [0.15, 0.2) is 5.96 Å². The van der Waals surface area contributed by atoms with Gasteiger partial charge in [-0.1, -0.05) is 13.0 Å². The van der Waals surface area contributed by atoms with Crippen molar-refractivity contribution in [1.82, 2.24) is 20.5 Å². The highest BCUT2D eigenvalue weighted by atomic mass is 16.5. The second kappa shape index (κ2) is 9.21. The Morgan fingerprint density at radius 1 is 1.14 bits per heavy atom. The summed E-state index contributed by atoms with van der Waals surface area (Å²) in [6.45, 7) is 3.00. The van der Waals surface area contributed by atoms with Gasteiger partial charge in [-0.2, -0.15) is 0 Å². The molecule has 0 unspecified atom stereocenters. The van der Waals surface area contributed by atoms with E-state index in [4.69, 9.17) is 19.9 Å². The molecule has 7 rings (SSSR count). The van der Waals surface area contributed by atoms with E-state index in [-0.39, 0.29) is 29.9 Å². The number of hydrogen-bond acceptors (Lipinski definition) is 6. The van der Waals surface area contributed by atoms with Crippen LogP contribution in [0.25, 0.3) is 6.08 Å². The van der Waals surface area contributed by atoms with Gasteiger partial charge in [0.2, 0.25) is 5.91 Å². The highest BCUT2D eigenvalue weighted by Gasteiger charge is 2.44. The summed E-state index contributed by atoms with van der Waals surface area (Å²) < 4.78 is 11.7. The second-order valence-electron chi connectivity index (χ2n) is 10.2. The standard InChI is InChI=1S/C28H31N5O4/c1-2-28-12-4-3-5-18-7-9-23-25(30-18)20(10-13-37-23)31-26(35)17-6-8-22-19(15-17)21(11-14-36-22)33(24(34)16-28)27(29)32-28/h3,5-9,15,20-21H,2,4,10-14,16H2,1H3,(H2,29,32)(H,31,35)/b5-3-/t20-,21+,28+/m0/s1. The van der Waals surface area contributed by atoms with E-state index in [1.165, 1.54) is 0 Å². The topological polar surface area (TPSA) is 117 Å². The molecule has 5 aliphatic heterocycles. The van der Waals surface area contributed by atoms with E-state index in [1.807, 2.05) is 18.2 Å². The summed E-state index contributed by atoms with van der Waals surface area (Å²) in [6, 6.07) is 8.50. The van der Waals surface area contributed by atoms with E-state index in [9.17, 15) is 9.59 Å². The van der Waals surface area contributed by atoms with Gasteiger partial charge in [0.25, 0.3) is 5.91 Å². The number of rotatable bonds is 1. The van der Waals surface area contributed by atoms with E-state index in [0.717, 1.165) is 36.2 Å². The lowest BCUT2D eigenvalue weighted by atomic mass is 9.83. The van der Waals surface area contributed by atoms with Crippen LogP contribution in [0.3, 0.4) is 0 Å². The first-order valence-electron chi connectivity index (χ1n) is 13.0. The maximum atomic E-state index is 13.5. The molecule has 0 spiro atoms. The predicted octanol–water partition coefficient (Wildman–Crippen LogP) is 3.87. The molecule has 3 N–H and O–H groups in total. The molecule has 1 aromatic carbocycles. The zero-order chi connectivity index (χ0) is 25.6. The van der Waals surface area contributed by atoms with Crippen molar-refractivity contribution in [2.45, 2.75) is 63.1 Å². The van der Waals surface area contributed by atoms with Gasteiger partial charge in [0.1, 0.15) is 17.2 Å². The average molecular weight is 502 g/mol. The van der Waals surface area contributed by atoms with Crippen LogP contribution >= 0.6 is 0 Å². The summed E-state index contributed by atoms with van der Waals surface area (Å²) in [5.74, 6) is 1.14. The van der Waals surface area contributed by atoms with E-state index in [1.54, 1.807) is 23.1 Å². The zero-order valence-electron chi connectivity index (χ0n) is 20.9. The third-order valence-electron chi connectivity index (χ3n) is 7.94. The van der Waals surface area contributed by atoms with Crippen LogP contribution in [0.15, 0.2) is 36.4 Å². The minimum Gasteiger partial charge on any atom is -0.493 e. The van der Waals surface area contributed by atoms with Crippen molar-refractivity contribution in [3.63, 3.8) is 0 Å². The zero-order valence-corrected chi connectivity index (χ0v) is 20.9. The summed E-state index contributed by atoms with van der Waals surface area (Å²) in [6.07, 6.45) is 7.70. The molecule has 6 heterocycles. The van der Waals surface area contributed by atoms with Crippen LogP contribution in [-0.2, 0) is 4.79 Å². The Labute approximate surface area is 215 Å². The van der Waals surface area contributed by atoms with E-state index in [2.05, 4.69) is 23.6 Å². The van der Waals surface area contributed by atoms with Crippen LogP contribution in [0, 0.1) is 5.41 Å². The normalized spacial score (nSPS) is 27.7. The molecule has 192 valence electrons. The van der Waals surface area contributed by atoms with Crippen molar-refractivity contribution < 1.29 is 19.1 Å². The van der Waals surface area contributed by atoms with Crippen molar-refractivity contribution in [3.05, 3.63) is 58.9 Å². The summed E-state index contributed by atoms with van der Waals surface area (Å²) in [4.78, 5) is 33.3. The van der Waals surface area contributed by atoms with Gasteiger partial charge in [-0.05, 0) is 55.7 Å². The van der Waals surface area contributed by atoms with Crippen LogP contribution in [-0.4, -0.2) is 46.4 Å². The van der Waals surface area contributed by atoms with Gasteiger partial charge >= 0.3 is 0 Å². The number of carbonyl (C=O) groups excluding carboxylic acids is 2. The molecule has 0 radical (unpaired) electrons. The van der Waals surface area contributed by atoms with Gasteiger partial charge in [0, 0.05) is 29.5 Å². The first kappa shape index (κ1) is 23.5. The number of fused-ring (bicyclic) bond motifs is 5. The molecule has 9 nitrogen and oxygen atoms in total. The highest BCUT2D eigenvalue weighted by Crippen LogP contribution is 2.40. The molecule has 9 heteroatoms. The number of nitrogens with zero attached hydrogens (tertiary/aromatic N) is 2. The third kappa shape index (κ3) is 4.22. The van der Waals surface area contributed by atoms with Gasteiger partial charge in [0.05, 0.1) is 37.4 Å². The van der Waals surface area contributed by atoms with Gasteiger partial charge in [-0.25, -0.2) is 4.98 Å². The Morgan fingerprint density at radius 2 is 1.95 bits per heavy atom. The number of allylic oxidation sites excluding steroid dienone is 1. The van der Waals surface area contributed by atoms with E-state index < -0.39 is 5.54 Å². The Kier molecular flexibility index (Phi) is 5.85. The number of nitrogens with one attached hydrogen (secondary N) is 3. The number of aromatic nitrogens is 1. The van der Waals surface area contributed by atoms with Gasteiger partial charge in [-0.3, -0.25) is 19.9 Å². The molecule has 37 heavy (non-hydrogen) atoms. The largest absolute Gasteiger partial charge is 0.493 e. The fraction of sp³-hybridized carbons (Fsp3) is 0.429. The molecule has 5 aliphatic rings. The van der Waals surface area contributed by atoms with Crippen LogP contribution in [0.4, 0.5) is 0 Å². The van der Waals surface area contributed by atoms with Crippen molar-refractivity contribution in [2.75, 3.05) is 13.2 Å². The van der Waals surface area contributed by atoms with Gasteiger partial charge in [-0.15, -0.1) is 0 Å². The fourth-order valence-electron chi connectivity index (χ4n) is 5.82. The minimum atomic E-state index is -0.474. The van der Waals surface area contributed by atoms with Crippen molar-refractivity contribution in [3.8, 4) is 11.5 Å². The molecule has 3 atom stereocenters. The molecule has 1 aromatic heterocycles. The minimum absolute atomic E-state index is 0.0764. The van der Waals surface area contributed by atoms with Crippen LogP contribution in [0.1, 0.15) is 84.8 Å². The number of amides is 2. The molecule has 1 saturated heterocycles. The lowest BCUT2D eigenvalue weighted by molar-refractivity contribution is -0.133. The average Bonchev–Trinajstić information content (AvgIpc) is 2.90. The maximum Gasteiger partial charge on any atom is 0.251 e. The number of guanidine groups is 1. The lowest BCUT2D eigenvalue weighted by Gasteiger charge is -2.46. The van der Waals surface area contributed by atoms with Crippen LogP contribution in [0.2, 0.25) is 0 Å². The molecular weight excluding hydrogens is 470 g/mol. The SMILES string of the molecule is CC[C@]12CC/C=C\c3ccc4c(n3)[C@H](CCO4)NC(=O)c3ccc4c(c3)[C@@H](CCO4)N(C(=N)N1)C(=O)C2. The molecule has 0 aliphatic carbocycles. The summed E-state index contributed by atoms with van der Waals surface area (Å²) in [5, 5.41) is 15.3. The number of carbonyl (C=O) groups is 2. The molecular formula is C28H31N5O4. The highest BCUT2D eigenvalue weighted by molar-refractivity contribution is 6.00. The van der Waals surface area contributed by atoms with Crippen LogP contribution < -0.4 is 20.1 Å².